The third kappa shape index (κ3) is 3.12. The zero-order chi connectivity index (χ0) is 15.0. The van der Waals surface area contributed by atoms with Gasteiger partial charge < -0.3 is 4.90 Å². The Morgan fingerprint density at radius 2 is 2.19 bits per heavy atom. The van der Waals surface area contributed by atoms with Crippen molar-refractivity contribution in [2.45, 2.75) is 32.1 Å². The minimum Gasteiger partial charge on any atom is -0.337 e. The highest BCUT2D eigenvalue weighted by Gasteiger charge is 2.30. The lowest BCUT2D eigenvalue weighted by Crippen LogP contribution is -2.42. The van der Waals surface area contributed by atoms with E-state index in [0.29, 0.717) is 18.8 Å². The number of H-pyrrole nitrogens is 1. The standard InChI is InChI=1S/C14H21N3O3S/c1-21(19,20)9-10-4-3-7-17(8-10)14(18)13-11-5-2-6-12(11)15-16-13/h10H,2-9H2,1H3,(H,15,16). The van der Waals surface area contributed by atoms with E-state index in [9.17, 15) is 13.2 Å². The Morgan fingerprint density at radius 1 is 1.38 bits per heavy atom. The molecule has 1 aromatic rings. The van der Waals surface area contributed by atoms with Crippen molar-refractivity contribution in [3.8, 4) is 0 Å². The van der Waals surface area contributed by atoms with Crippen LogP contribution in [0.25, 0.3) is 0 Å². The van der Waals surface area contributed by atoms with Gasteiger partial charge in [-0.25, -0.2) is 8.42 Å². The van der Waals surface area contributed by atoms with Crippen molar-refractivity contribution >= 4 is 15.7 Å². The van der Waals surface area contributed by atoms with Gasteiger partial charge in [0.1, 0.15) is 9.84 Å². The number of hydrogen-bond donors (Lipinski definition) is 1. The zero-order valence-electron chi connectivity index (χ0n) is 12.3. The van der Waals surface area contributed by atoms with Crippen LogP contribution in [-0.2, 0) is 22.7 Å². The van der Waals surface area contributed by atoms with E-state index < -0.39 is 9.84 Å². The average Bonchev–Trinajstić information content (AvgIpc) is 2.98. The van der Waals surface area contributed by atoms with E-state index >= 15 is 0 Å². The quantitative estimate of drug-likeness (QED) is 0.895. The maximum Gasteiger partial charge on any atom is 0.274 e. The predicted octanol–water partition coefficient (Wildman–Crippen LogP) is 0.795. The Balaban J connectivity index is 1.72. The van der Waals surface area contributed by atoms with Gasteiger partial charge in [-0.2, -0.15) is 5.10 Å². The molecule has 1 saturated heterocycles. The van der Waals surface area contributed by atoms with E-state index in [4.69, 9.17) is 0 Å². The van der Waals surface area contributed by atoms with Gasteiger partial charge in [-0.3, -0.25) is 9.89 Å². The Kier molecular flexibility index (Phi) is 3.77. The van der Waals surface area contributed by atoms with Gasteiger partial charge in [0.05, 0.1) is 5.75 Å². The summed E-state index contributed by atoms with van der Waals surface area (Å²) < 4.78 is 22.9. The second-order valence-electron chi connectivity index (χ2n) is 6.23. The number of fused-ring (bicyclic) bond motifs is 1. The molecule has 2 heterocycles. The van der Waals surface area contributed by atoms with Crippen molar-refractivity contribution in [2.24, 2.45) is 5.92 Å². The van der Waals surface area contributed by atoms with E-state index in [1.54, 1.807) is 4.90 Å². The number of nitrogens with one attached hydrogen (secondary N) is 1. The summed E-state index contributed by atoms with van der Waals surface area (Å²) in [5, 5.41) is 7.14. The number of rotatable bonds is 3. The van der Waals surface area contributed by atoms with Crippen molar-refractivity contribution in [3.05, 3.63) is 17.0 Å². The number of carbonyl (C=O) groups excluding carboxylic acids is 1. The number of aromatic nitrogens is 2. The smallest absolute Gasteiger partial charge is 0.274 e. The highest BCUT2D eigenvalue weighted by Crippen LogP contribution is 2.25. The van der Waals surface area contributed by atoms with Gasteiger partial charge in [0.25, 0.3) is 5.91 Å². The molecule has 6 nitrogen and oxygen atoms in total. The van der Waals surface area contributed by atoms with Crippen LogP contribution in [0.1, 0.15) is 41.0 Å². The SMILES string of the molecule is CS(=O)(=O)CC1CCCN(C(=O)c2n[nH]c3c2CCC3)C1. The number of aryl methyl sites for hydroxylation is 1. The first-order valence-electron chi connectivity index (χ1n) is 7.47. The summed E-state index contributed by atoms with van der Waals surface area (Å²) in [6.45, 7) is 1.22. The highest BCUT2D eigenvalue weighted by atomic mass is 32.2. The monoisotopic (exact) mass is 311 g/mol. The van der Waals surface area contributed by atoms with Gasteiger partial charge >= 0.3 is 0 Å². The summed E-state index contributed by atoms with van der Waals surface area (Å²) >= 11 is 0. The number of carbonyl (C=O) groups is 1. The van der Waals surface area contributed by atoms with Crippen molar-refractivity contribution in [2.75, 3.05) is 25.1 Å². The number of sulfone groups is 1. The van der Waals surface area contributed by atoms with Crippen molar-refractivity contribution in [1.29, 1.82) is 0 Å². The number of piperidine rings is 1. The van der Waals surface area contributed by atoms with Gasteiger partial charge in [0.2, 0.25) is 0 Å². The molecular formula is C14H21N3O3S. The van der Waals surface area contributed by atoms with E-state index in [1.807, 2.05) is 0 Å². The molecule has 1 aromatic heterocycles. The fourth-order valence-electron chi connectivity index (χ4n) is 3.46. The second-order valence-corrected chi connectivity index (χ2v) is 8.42. The van der Waals surface area contributed by atoms with Gasteiger partial charge in [0, 0.05) is 30.6 Å². The third-order valence-electron chi connectivity index (χ3n) is 4.35. The van der Waals surface area contributed by atoms with Crippen molar-refractivity contribution in [3.63, 3.8) is 0 Å². The molecule has 1 fully saturated rings. The molecule has 1 amide bonds. The first-order valence-corrected chi connectivity index (χ1v) is 9.53. The Hall–Kier alpha value is -1.37. The summed E-state index contributed by atoms with van der Waals surface area (Å²) in [5.74, 6) is 0.160. The van der Waals surface area contributed by atoms with Crippen molar-refractivity contribution in [1.82, 2.24) is 15.1 Å². The van der Waals surface area contributed by atoms with E-state index in [1.165, 1.54) is 6.26 Å². The van der Waals surface area contributed by atoms with Crippen molar-refractivity contribution < 1.29 is 13.2 Å². The van der Waals surface area contributed by atoms with Crippen LogP contribution < -0.4 is 0 Å². The predicted molar refractivity (Wildman–Crippen MR) is 79.0 cm³/mol. The zero-order valence-corrected chi connectivity index (χ0v) is 13.1. The largest absolute Gasteiger partial charge is 0.337 e. The number of hydrogen-bond acceptors (Lipinski definition) is 4. The topological polar surface area (TPSA) is 83.1 Å². The Labute approximate surface area is 124 Å². The summed E-state index contributed by atoms with van der Waals surface area (Å²) in [6.07, 6.45) is 5.93. The molecule has 1 atom stereocenters. The second kappa shape index (κ2) is 5.44. The molecule has 1 N–H and O–H groups in total. The lowest BCUT2D eigenvalue weighted by Gasteiger charge is -2.32. The van der Waals surface area contributed by atoms with Gasteiger partial charge in [-0.05, 0) is 38.0 Å². The van der Waals surface area contributed by atoms with Crippen LogP contribution >= 0.6 is 0 Å². The lowest BCUT2D eigenvalue weighted by atomic mass is 9.99. The molecule has 1 aliphatic carbocycles. The molecule has 0 aromatic carbocycles. The minimum atomic E-state index is -3.00. The van der Waals surface area contributed by atoms with Crippen LogP contribution in [0.3, 0.4) is 0 Å². The number of amides is 1. The Morgan fingerprint density at radius 3 is 2.95 bits per heavy atom. The van der Waals surface area contributed by atoms with Crippen LogP contribution in [0.5, 0.6) is 0 Å². The van der Waals surface area contributed by atoms with Crippen LogP contribution in [0, 0.1) is 5.92 Å². The molecule has 3 rings (SSSR count). The highest BCUT2D eigenvalue weighted by molar-refractivity contribution is 7.90. The first kappa shape index (κ1) is 14.6. The molecule has 2 aliphatic rings. The van der Waals surface area contributed by atoms with E-state index in [2.05, 4.69) is 10.2 Å². The summed E-state index contributed by atoms with van der Waals surface area (Å²) in [6, 6.07) is 0. The van der Waals surface area contributed by atoms with Crippen LogP contribution in [0.15, 0.2) is 0 Å². The molecule has 21 heavy (non-hydrogen) atoms. The molecule has 0 bridgehead atoms. The summed E-state index contributed by atoms with van der Waals surface area (Å²) in [7, 11) is -3.00. The Bertz CT molecular complexity index is 650. The normalized spacial score (nSPS) is 22.3. The fraction of sp³-hybridized carbons (Fsp3) is 0.714. The number of likely N-dealkylation sites (tertiary alicyclic amines) is 1. The maximum atomic E-state index is 12.6. The fourth-order valence-corrected chi connectivity index (χ4v) is 4.59. The number of aromatic amines is 1. The van der Waals surface area contributed by atoms with Gasteiger partial charge in [-0.1, -0.05) is 0 Å². The van der Waals surface area contributed by atoms with Gasteiger partial charge in [-0.15, -0.1) is 0 Å². The molecule has 0 spiro atoms. The molecule has 0 saturated carbocycles. The number of nitrogens with zero attached hydrogens (tertiary/aromatic N) is 2. The molecule has 0 radical (unpaired) electrons. The van der Waals surface area contributed by atoms with Gasteiger partial charge in [0.15, 0.2) is 5.69 Å². The lowest BCUT2D eigenvalue weighted by molar-refractivity contribution is 0.0677. The summed E-state index contributed by atoms with van der Waals surface area (Å²) in [5.41, 5.74) is 2.69. The molecule has 116 valence electrons. The summed E-state index contributed by atoms with van der Waals surface area (Å²) in [4.78, 5) is 14.4. The maximum absolute atomic E-state index is 12.6. The molecule has 1 aliphatic heterocycles. The molecular weight excluding hydrogens is 290 g/mol. The van der Waals surface area contributed by atoms with Crippen LogP contribution in [0.2, 0.25) is 0 Å². The third-order valence-corrected chi connectivity index (χ3v) is 5.43. The average molecular weight is 311 g/mol. The van der Waals surface area contributed by atoms with Crippen LogP contribution in [0.4, 0.5) is 0 Å². The first-order chi connectivity index (χ1) is 9.94. The minimum absolute atomic E-state index is 0.0460. The molecule has 7 heteroatoms. The molecule has 1 unspecified atom stereocenters. The van der Waals surface area contributed by atoms with E-state index in [-0.39, 0.29) is 17.6 Å². The van der Waals surface area contributed by atoms with E-state index in [0.717, 1.165) is 43.4 Å². The van der Waals surface area contributed by atoms with Crippen LogP contribution in [-0.4, -0.2) is 54.5 Å².